The van der Waals surface area contributed by atoms with Gasteiger partial charge < -0.3 is 5.11 Å². The van der Waals surface area contributed by atoms with Crippen molar-refractivity contribution in [3.63, 3.8) is 0 Å². The SMILES string of the molecule is OCc1ccc(-c2ccc(Cl)nn2)cc1. The molecular weight excluding hydrogens is 212 g/mol. The average Bonchev–Trinajstić information content (AvgIpc) is 2.30. The summed E-state index contributed by atoms with van der Waals surface area (Å²) in [5.74, 6) is 0. The summed E-state index contributed by atoms with van der Waals surface area (Å²) in [6.07, 6.45) is 0. The summed E-state index contributed by atoms with van der Waals surface area (Å²) in [4.78, 5) is 0. The van der Waals surface area contributed by atoms with Crippen LogP contribution in [0.5, 0.6) is 0 Å². The molecule has 0 radical (unpaired) electrons. The van der Waals surface area contributed by atoms with Gasteiger partial charge in [0, 0.05) is 5.56 Å². The molecule has 0 atom stereocenters. The number of hydrogen-bond donors (Lipinski definition) is 1. The van der Waals surface area contributed by atoms with Crippen LogP contribution in [-0.2, 0) is 6.61 Å². The predicted octanol–water partition coefficient (Wildman–Crippen LogP) is 2.29. The third-order valence-electron chi connectivity index (χ3n) is 2.06. The van der Waals surface area contributed by atoms with Gasteiger partial charge in [-0.3, -0.25) is 0 Å². The number of nitrogens with zero attached hydrogens (tertiary/aromatic N) is 2. The van der Waals surface area contributed by atoms with Gasteiger partial charge in [-0.25, -0.2) is 0 Å². The summed E-state index contributed by atoms with van der Waals surface area (Å²) in [6, 6.07) is 11.0. The molecule has 3 nitrogen and oxygen atoms in total. The van der Waals surface area contributed by atoms with E-state index in [2.05, 4.69) is 10.2 Å². The molecule has 0 unspecified atom stereocenters. The van der Waals surface area contributed by atoms with Crippen LogP contribution in [0.15, 0.2) is 36.4 Å². The van der Waals surface area contributed by atoms with E-state index in [-0.39, 0.29) is 6.61 Å². The lowest BCUT2D eigenvalue weighted by Crippen LogP contribution is -1.88. The van der Waals surface area contributed by atoms with Crippen LogP contribution in [0.4, 0.5) is 0 Å². The van der Waals surface area contributed by atoms with E-state index in [9.17, 15) is 0 Å². The van der Waals surface area contributed by atoms with Gasteiger partial charge >= 0.3 is 0 Å². The van der Waals surface area contributed by atoms with Crippen molar-refractivity contribution < 1.29 is 5.11 Å². The van der Waals surface area contributed by atoms with Crippen LogP contribution < -0.4 is 0 Å². The Kier molecular flexibility index (Phi) is 2.94. The molecule has 2 aromatic rings. The summed E-state index contributed by atoms with van der Waals surface area (Å²) >= 11 is 5.64. The van der Waals surface area contributed by atoms with Crippen LogP contribution in [0, 0.1) is 0 Å². The zero-order valence-electron chi connectivity index (χ0n) is 7.89. The summed E-state index contributed by atoms with van der Waals surface area (Å²) in [6.45, 7) is 0.0482. The number of rotatable bonds is 2. The quantitative estimate of drug-likeness (QED) is 0.845. The van der Waals surface area contributed by atoms with Crippen molar-refractivity contribution in [2.24, 2.45) is 0 Å². The minimum absolute atomic E-state index is 0.0482. The predicted molar refractivity (Wildman–Crippen MR) is 58.4 cm³/mol. The second kappa shape index (κ2) is 4.38. The first-order chi connectivity index (χ1) is 7.29. The number of aliphatic hydroxyl groups is 1. The van der Waals surface area contributed by atoms with E-state index in [0.717, 1.165) is 16.8 Å². The van der Waals surface area contributed by atoms with Crippen LogP contribution in [0.2, 0.25) is 5.15 Å². The average molecular weight is 221 g/mol. The molecule has 76 valence electrons. The molecular formula is C11H9ClN2O. The Bertz CT molecular complexity index is 439. The molecule has 1 aromatic heterocycles. The number of aromatic nitrogens is 2. The Labute approximate surface area is 92.4 Å². The molecule has 1 aromatic carbocycles. The summed E-state index contributed by atoms with van der Waals surface area (Å²) in [5, 5.41) is 17.0. The summed E-state index contributed by atoms with van der Waals surface area (Å²) in [7, 11) is 0. The molecule has 0 saturated heterocycles. The van der Waals surface area contributed by atoms with Crippen molar-refractivity contribution in [3.8, 4) is 11.3 Å². The van der Waals surface area contributed by atoms with Crippen molar-refractivity contribution in [1.29, 1.82) is 0 Å². The Morgan fingerprint density at radius 3 is 2.27 bits per heavy atom. The van der Waals surface area contributed by atoms with Gasteiger partial charge in [0.15, 0.2) is 5.15 Å². The summed E-state index contributed by atoms with van der Waals surface area (Å²) in [5.41, 5.74) is 2.60. The van der Waals surface area contributed by atoms with Gasteiger partial charge in [0.05, 0.1) is 12.3 Å². The molecule has 1 heterocycles. The lowest BCUT2D eigenvalue weighted by molar-refractivity contribution is 0.282. The maximum absolute atomic E-state index is 8.89. The van der Waals surface area contributed by atoms with E-state index in [0.29, 0.717) is 5.15 Å². The largest absolute Gasteiger partial charge is 0.392 e. The maximum atomic E-state index is 8.89. The molecule has 0 aliphatic rings. The molecule has 0 amide bonds. The van der Waals surface area contributed by atoms with Crippen LogP contribution >= 0.6 is 11.6 Å². The van der Waals surface area contributed by atoms with Crippen molar-refractivity contribution in [1.82, 2.24) is 10.2 Å². The Balaban J connectivity index is 2.33. The number of aliphatic hydroxyl groups excluding tert-OH is 1. The Hall–Kier alpha value is -1.45. The zero-order valence-corrected chi connectivity index (χ0v) is 8.65. The molecule has 0 aliphatic carbocycles. The smallest absolute Gasteiger partial charge is 0.151 e. The van der Waals surface area contributed by atoms with Gasteiger partial charge in [-0.15, -0.1) is 10.2 Å². The second-order valence-corrected chi connectivity index (χ2v) is 3.48. The van der Waals surface area contributed by atoms with Crippen molar-refractivity contribution in [3.05, 3.63) is 47.1 Å². The lowest BCUT2D eigenvalue weighted by atomic mass is 10.1. The van der Waals surface area contributed by atoms with Gasteiger partial charge in [-0.05, 0) is 17.7 Å². The van der Waals surface area contributed by atoms with Crippen LogP contribution in [0.1, 0.15) is 5.56 Å². The first kappa shape index (κ1) is 10.1. The molecule has 0 fully saturated rings. The van der Waals surface area contributed by atoms with E-state index >= 15 is 0 Å². The first-order valence-corrected chi connectivity index (χ1v) is 4.87. The molecule has 0 aliphatic heterocycles. The minimum Gasteiger partial charge on any atom is -0.392 e. The highest BCUT2D eigenvalue weighted by Crippen LogP contribution is 2.17. The fraction of sp³-hybridized carbons (Fsp3) is 0.0909. The second-order valence-electron chi connectivity index (χ2n) is 3.10. The first-order valence-electron chi connectivity index (χ1n) is 4.49. The van der Waals surface area contributed by atoms with Crippen LogP contribution in [0.3, 0.4) is 0 Å². The van der Waals surface area contributed by atoms with E-state index in [1.54, 1.807) is 6.07 Å². The maximum Gasteiger partial charge on any atom is 0.151 e. The number of benzene rings is 1. The van der Waals surface area contributed by atoms with Gasteiger partial charge in [0.1, 0.15) is 0 Å². The molecule has 0 saturated carbocycles. The Morgan fingerprint density at radius 2 is 1.73 bits per heavy atom. The monoisotopic (exact) mass is 220 g/mol. The standard InChI is InChI=1S/C11H9ClN2O/c12-11-6-5-10(13-14-11)9-3-1-8(7-15)2-4-9/h1-6,15H,7H2. The summed E-state index contributed by atoms with van der Waals surface area (Å²) < 4.78 is 0. The van der Waals surface area contributed by atoms with Crippen LogP contribution in [0.25, 0.3) is 11.3 Å². The van der Waals surface area contributed by atoms with Crippen molar-refractivity contribution in [2.75, 3.05) is 0 Å². The molecule has 4 heteroatoms. The minimum atomic E-state index is 0.0482. The molecule has 2 rings (SSSR count). The van der Waals surface area contributed by atoms with E-state index in [1.807, 2.05) is 30.3 Å². The topological polar surface area (TPSA) is 46.0 Å². The third-order valence-corrected chi connectivity index (χ3v) is 2.27. The highest BCUT2D eigenvalue weighted by atomic mass is 35.5. The van der Waals surface area contributed by atoms with E-state index in [1.165, 1.54) is 0 Å². The normalized spacial score (nSPS) is 10.3. The highest BCUT2D eigenvalue weighted by molar-refractivity contribution is 6.29. The zero-order chi connectivity index (χ0) is 10.7. The van der Waals surface area contributed by atoms with Gasteiger partial charge in [-0.2, -0.15) is 0 Å². The molecule has 1 N–H and O–H groups in total. The highest BCUT2D eigenvalue weighted by Gasteiger charge is 1.99. The number of hydrogen-bond acceptors (Lipinski definition) is 3. The Morgan fingerprint density at radius 1 is 1.00 bits per heavy atom. The fourth-order valence-corrected chi connectivity index (χ4v) is 1.35. The fourth-order valence-electron chi connectivity index (χ4n) is 1.25. The lowest BCUT2D eigenvalue weighted by Gasteiger charge is -2.00. The molecule has 0 bridgehead atoms. The van der Waals surface area contributed by atoms with Gasteiger partial charge in [0.25, 0.3) is 0 Å². The van der Waals surface area contributed by atoms with Gasteiger partial charge in [-0.1, -0.05) is 35.9 Å². The molecule has 0 spiro atoms. The van der Waals surface area contributed by atoms with Crippen molar-refractivity contribution in [2.45, 2.75) is 6.61 Å². The molecule has 15 heavy (non-hydrogen) atoms. The van der Waals surface area contributed by atoms with Crippen LogP contribution in [-0.4, -0.2) is 15.3 Å². The van der Waals surface area contributed by atoms with Gasteiger partial charge in [0.2, 0.25) is 0 Å². The third kappa shape index (κ3) is 2.32. The van der Waals surface area contributed by atoms with E-state index in [4.69, 9.17) is 16.7 Å². The van der Waals surface area contributed by atoms with Crippen molar-refractivity contribution >= 4 is 11.6 Å². The van der Waals surface area contributed by atoms with E-state index < -0.39 is 0 Å². The number of halogens is 1.